The van der Waals surface area contributed by atoms with Crippen LogP contribution in [0.5, 0.6) is 0 Å². The molecule has 0 aliphatic heterocycles. The maximum Gasteiger partial charge on any atom is 0.303 e. The lowest BCUT2D eigenvalue weighted by Crippen LogP contribution is -2.20. The molecule has 5 heteroatoms. The molecule has 20 heavy (non-hydrogen) atoms. The van der Waals surface area contributed by atoms with Gasteiger partial charge in [0.05, 0.1) is 0 Å². The van der Waals surface area contributed by atoms with E-state index in [2.05, 4.69) is 6.92 Å². The summed E-state index contributed by atoms with van der Waals surface area (Å²) in [7, 11) is 3.81. The lowest BCUT2D eigenvalue weighted by atomic mass is 10.1. The number of hydrogen-bond acceptors (Lipinski definition) is 3. The van der Waals surface area contributed by atoms with Crippen molar-refractivity contribution in [2.24, 2.45) is 5.73 Å². The SMILES string of the molecule is CCCCCCCCCC(=O)O.CN(C)CCC(N)=O. The van der Waals surface area contributed by atoms with E-state index >= 15 is 0 Å². The fourth-order valence-corrected chi connectivity index (χ4v) is 1.57. The van der Waals surface area contributed by atoms with Crippen molar-refractivity contribution in [2.75, 3.05) is 20.6 Å². The van der Waals surface area contributed by atoms with Crippen molar-refractivity contribution < 1.29 is 14.7 Å². The number of nitrogens with zero attached hydrogens (tertiary/aromatic N) is 1. The van der Waals surface area contributed by atoms with Gasteiger partial charge in [-0.05, 0) is 20.5 Å². The molecular weight excluding hydrogens is 256 g/mol. The van der Waals surface area contributed by atoms with Crippen LogP contribution >= 0.6 is 0 Å². The van der Waals surface area contributed by atoms with Gasteiger partial charge in [0.2, 0.25) is 5.91 Å². The first-order chi connectivity index (χ1) is 9.40. The van der Waals surface area contributed by atoms with E-state index in [4.69, 9.17) is 10.8 Å². The van der Waals surface area contributed by atoms with Crippen LogP contribution < -0.4 is 5.73 Å². The molecule has 3 N–H and O–H groups in total. The number of unbranched alkanes of at least 4 members (excludes halogenated alkanes) is 6. The Morgan fingerprint density at radius 2 is 1.45 bits per heavy atom. The molecule has 0 heterocycles. The molecule has 0 saturated carbocycles. The zero-order valence-corrected chi connectivity index (χ0v) is 13.4. The Hall–Kier alpha value is -1.10. The van der Waals surface area contributed by atoms with Crippen molar-refractivity contribution in [3.05, 3.63) is 0 Å². The summed E-state index contributed by atoms with van der Waals surface area (Å²) >= 11 is 0. The molecule has 0 spiro atoms. The summed E-state index contributed by atoms with van der Waals surface area (Å²) < 4.78 is 0. The first-order valence-electron chi connectivity index (χ1n) is 7.55. The largest absolute Gasteiger partial charge is 0.481 e. The highest BCUT2D eigenvalue weighted by Gasteiger charge is 1.95. The highest BCUT2D eigenvalue weighted by molar-refractivity contribution is 5.73. The quantitative estimate of drug-likeness (QED) is 0.572. The number of carbonyl (C=O) groups is 2. The molecule has 0 aliphatic rings. The number of rotatable bonds is 11. The molecule has 1 amide bonds. The van der Waals surface area contributed by atoms with Crippen LogP contribution in [0.4, 0.5) is 0 Å². The molecule has 0 fully saturated rings. The van der Waals surface area contributed by atoms with Gasteiger partial charge in [0.25, 0.3) is 0 Å². The van der Waals surface area contributed by atoms with Gasteiger partial charge >= 0.3 is 5.97 Å². The van der Waals surface area contributed by atoms with Crippen LogP contribution in [0.2, 0.25) is 0 Å². The minimum Gasteiger partial charge on any atom is -0.481 e. The summed E-state index contributed by atoms with van der Waals surface area (Å²) in [5.41, 5.74) is 4.88. The first kappa shape index (κ1) is 21.2. The van der Waals surface area contributed by atoms with Crippen LogP contribution in [0.3, 0.4) is 0 Å². The summed E-state index contributed by atoms with van der Waals surface area (Å²) in [6.07, 6.45) is 9.09. The predicted molar refractivity (Wildman–Crippen MR) is 82.6 cm³/mol. The van der Waals surface area contributed by atoms with E-state index < -0.39 is 5.97 Å². The Bertz CT molecular complexity index is 243. The van der Waals surface area contributed by atoms with Crippen LogP contribution in [0, 0.1) is 0 Å². The van der Waals surface area contributed by atoms with Gasteiger partial charge in [-0.1, -0.05) is 45.4 Å². The van der Waals surface area contributed by atoms with E-state index in [0.717, 1.165) is 19.4 Å². The van der Waals surface area contributed by atoms with Gasteiger partial charge < -0.3 is 15.7 Å². The van der Waals surface area contributed by atoms with Crippen molar-refractivity contribution in [1.29, 1.82) is 0 Å². The molecule has 120 valence electrons. The van der Waals surface area contributed by atoms with Crippen molar-refractivity contribution in [1.82, 2.24) is 4.90 Å². The van der Waals surface area contributed by atoms with E-state index in [-0.39, 0.29) is 5.91 Å². The van der Waals surface area contributed by atoms with Gasteiger partial charge in [0, 0.05) is 19.4 Å². The predicted octanol–water partition coefficient (Wildman–Crippen LogP) is 2.64. The molecule has 0 aromatic carbocycles. The Morgan fingerprint density at radius 1 is 0.950 bits per heavy atom. The van der Waals surface area contributed by atoms with Crippen molar-refractivity contribution in [2.45, 2.75) is 64.7 Å². The van der Waals surface area contributed by atoms with Gasteiger partial charge in [0.15, 0.2) is 0 Å². The number of carbonyl (C=O) groups excluding carboxylic acids is 1. The average molecular weight is 288 g/mol. The molecule has 0 radical (unpaired) electrons. The van der Waals surface area contributed by atoms with Crippen LogP contribution in [0.1, 0.15) is 64.7 Å². The minimum atomic E-state index is -0.663. The number of carboxylic acids is 1. The zero-order chi connectivity index (χ0) is 15.8. The molecule has 0 rings (SSSR count). The second kappa shape index (κ2) is 16.0. The highest BCUT2D eigenvalue weighted by atomic mass is 16.4. The molecular formula is C15H32N2O3. The van der Waals surface area contributed by atoms with E-state index in [1.54, 1.807) is 0 Å². The molecule has 0 aliphatic carbocycles. The Labute approximate surface area is 123 Å². The van der Waals surface area contributed by atoms with Gasteiger partial charge in [-0.2, -0.15) is 0 Å². The third-order valence-corrected chi connectivity index (χ3v) is 2.80. The fraction of sp³-hybridized carbons (Fsp3) is 0.867. The summed E-state index contributed by atoms with van der Waals surface area (Å²) in [6, 6.07) is 0. The minimum absolute atomic E-state index is 0.237. The van der Waals surface area contributed by atoms with Gasteiger partial charge in [0.1, 0.15) is 0 Å². The lowest BCUT2D eigenvalue weighted by Gasteiger charge is -2.05. The topological polar surface area (TPSA) is 83.6 Å². The monoisotopic (exact) mass is 288 g/mol. The van der Waals surface area contributed by atoms with E-state index in [1.807, 2.05) is 19.0 Å². The summed E-state index contributed by atoms with van der Waals surface area (Å²) in [4.78, 5) is 22.2. The number of hydrogen-bond donors (Lipinski definition) is 2. The maximum atomic E-state index is 10.1. The molecule has 0 bridgehead atoms. The molecule has 0 saturated heterocycles. The smallest absolute Gasteiger partial charge is 0.303 e. The van der Waals surface area contributed by atoms with E-state index in [0.29, 0.717) is 12.8 Å². The first-order valence-corrected chi connectivity index (χ1v) is 7.55. The summed E-state index contributed by atoms with van der Waals surface area (Å²) in [5.74, 6) is -0.901. The van der Waals surface area contributed by atoms with Crippen LogP contribution in [-0.2, 0) is 9.59 Å². The van der Waals surface area contributed by atoms with Crippen molar-refractivity contribution in [3.8, 4) is 0 Å². The maximum absolute atomic E-state index is 10.1. The normalized spacial score (nSPS) is 10.0. The van der Waals surface area contributed by atoms with Crippen molar-refractivity contribution in [3.63, 3.8) is 0 Å². The Kier molecular flexibility index (Phi) is 16.9. The third kappa shape index (κ3) is 25.7. The molecule has 5 nitrogen and oxygen atoms in total. The fourth-order valence-electron chi connectivity index (χ4n) is 1.57. The van der Waals surface area contributed by atoms with Crippen LogP contribution in [0.15, 0.2) is 0 Å². The lowest BCUT2D eigenvalue weighted by molar-refractivity contribution is -0.137. The van der Waals surface area contributed by atoms with Crippen molar-refractivity contribution >= 4 is 11.9 Å². The highest BCUT2D eigenvalue weighted by Crippen LogP contribution is 2.07. The van der Waals surface area contributed by atoms with Gasteiger partial charge in [-0.3, -0.25) is 9.59 Å². The van der Waals surface area contributed by atoms with Gasteiger partial charge in [-0.25, -0.2) is 0 Å². The number of primary amides is 1. The third-order valence-electron chi connectivity index (χ3n) is 2.80. The second-order valence-corrected chi connectivity index (χ2v) is 5.28. The van der Waals surface area contributed by atoms with Crippen LogP contribution in [0.25, 0.3) is 0 Å². The Morgan fingerprint density at radius 3 is 1.80 bits per heavy atom. The number of nitrogens with two attached hydrogens (primary N) is 1. The van der Waals surface area contributed by atoms with Crippen LogP contribution in [-0.4, -0.2) is 42.5 Å². The molecule has 0 aromatic rings. The number of carboxylic acid groups (broad SMARTS) is 1. The Balaban J connectivity index is 0. The van der Waals surface area contributed by atoms with Gasteiger partial charge in [-0.15, -0.1) is 0 Å². The number of aliphatic carboxylic acids is 1. The summed E-state index contributed by atoms with van der Waals surface area (Å²) in [5, 5.41) is 8.35. The summed E-state index contributed by atoms with van der Waals surface area (Å²) in [6.45, 7) is 2.94. The second-order valence-electron chi connectivity index (χ2n) is 5.28. The standard InChI is InChI=1S/C10H20O2.C5H12N2O/c1-2-3-4-5-6-7-8-9-10(11)12;1-7(2)4-3-5(6)8/h2-9H2,1H3,(H,11,12);3-4H2,1-2H3,(H2,6,8). The molecule has 0 aromatic heterocycles. The van der Waals surface area contributed by atoms with E-state index in [9.17, 15) is 9.59 Å². The zero-order valence-electron chi connectivity index (χ0n) is 13.4. The average Bonchev–Trinajstić information content (AvgIpc) is 2.36. The number of amides is 1. The van der Waals surface area contributed by atoms with E-state index in [1.165, 1.54) is 32.1 Å². The molecule has 0 unspecified atom stereocenters. The molecule has 0 atom stereocenters.